The fourth-order valence-electron chi connectivity index (χ4n) is 3.41. The molecule has 3 aromatic carbocycles. The van der Waals surface area contributed by atoms with Gasteiger partial charge in [0.1, 0.15) is 5.75 Å². The maximum Gasteiger partial charge on any atom is 0.261 e. The molecule has 0 aromatic heterocycles. The van der Waals surface area contributed by atoms with Crippen LogP contribution in [0.4, 0.5) is 5.69 Å². The van der Waals surface area contributed by atoms with Gasteiger partial charge in [0.05, 0.1) is 24.3 Å². The van der Waals surface area contributed by atoms with Gasteiger partial charge in [-0.3, -0.25) is 19.3 Å². The summed E-state index contributed by atoms with van der Waals surface area (Å²) in [6, 6.07) is 20.8. The third-order valence-electron chi connectivity index (χ3n) is 4.81. The molecule has 0 radical (unpaired) electrons. The average molecular weight is 400 g/mol. The third-order valence-corrected chi connectivity index (χ3v) is 4.81. The Morgan fingerprint density at radius 1 is 0.900 bits per heavy atom. The predicted molar refractivity (Wildman–Crippen MR) is 113 cm³/mol. The third kappa shape index (κ3) is 3.80. The number of imide groups is 1. The molecule has 3 aromatic rings. The van der Waals surface area contributed by atoms with Gasteiger partial charge in [-0.2, -0.15) is 0 Å². The Morgan fingerprint density at radius 2 is 1.60 bits per heavy atom. The SMILES string of the molecule is CCOc1cccc(NC(=O)c2cccc(CN3C(=O)c4ccccc4C3=O)c2)c1. The normalized spacial score (nSPS) is 12.6. The van der Waals surface area contributed by atoms with Crippen LogP contribution in [0.2, 0.25) is 0 Å². The molecule has 0 bridgehead atoms. The molecule has 1 N–H and O–H groups in total. The van der Waals surface area contributed by atoms with Crippen LogP contribution in [0.15, 0.2) is 72.8 Å². The lowest BCUT2D eigenvalue weighted by Crippen LogP contribution is -2.29. The van der Waals surface area contributed by atoms with Gasteiger partial charge in [0.2, 0.25) is 0 Å². The molecule has 6 nitrogen and oxygen atoms in total. The summed E-state index contributed by atoms with van der Waals surface area (Å²) in [4.78, 5) is 39.0. The molecule has 3 amide bonds. The minimum Gasteiger partial charge on any atom is -0.494 e. The highest BCUT2D eigenvalue weighted by molar-refractivity contribution is 6.21. The van der Waals surface area contributed by atoms with E-state index in [0.717, 1.165) is 0 Å². The number of fused-ring (bicyclic) bond motifs is 1. The van der Waals surface area contributed by atoms with E-state index in [4.69, 9.17) is 4.74 Å². The fourth-order valence-corrected chi connectivity index (χ4v) is 3.41. The molecule has 4 rings (SSSR count). The number of carbonyl (C=O) groups is 3. The number of nitrogens with one attached hydrogen (secondary N) is 1. The van der Waals surface area contributed by atoms with Crippen molar-refractivity contribution in [2.24, 2.45) is 0 Å². The number of hydrogen-bond donors (Lipinski definition) is 1. The number of benzene rings is 3. The van der Waals surface area contributed by atoms with Crippen LogP contribution in [-0.2, 0) is 6.54 Å². The Hall–Kier alpha value is -3.93. The molecule has 0 fully saturated rings. The van der Waals surface area contributed by atoms with Crippen molar-refractivity contribution in [3.8, 4) is 5.75 Å². The molecular formula is C24H20N2O4. The first-order valence-electron chi connectivity index (χ1n) is 9.65. The molecule has 150 valence electrons. The minimum absolute atomic E-state index is 0.104. The van der Waals surface area contributed by atoms with Gasteiger partial charge >= 0.3 is 0 Å². The topological polar surface area (TPSA) is 75.7 Å². The largest absolute Gasteiger partial charge is 0.494 e. The van der Waals surface area contributed by atoms with Gasteiger partial charge in [0.15, 0.2) is 0 Å². The van der Waals surface area contributed by atoms with Gasteiger partial charge < -0.3 is 10.1 Å². The second kappa shape index (κ2) is 8.21. The molecule has 0 unspecified atom stereocenters. The number of nitrogens with zero attached hydrogens (tertiary/aromatic N) is 1. The second-order valence-electron chi connectivity index (χ2n) is 6.86. The maximum atomic E-state index is 12.7. The zero-order valence-electron chi connectivity index (χ0n) is 16.4. The fraction of sp³-hybridized carbons (Fsp3) is 0.125. The van der Waals surface area contributed by atoms with Crippen molar-refractivity contribution < 1.29 is 19.1 Å². The zero-order valence-corrected chi connectivity index (χ0v) is 16.4. The average Bonchev–Trinajstić information content (AvgIpc) is 3.00. The first kappa shape index (κ1) is 19.4. The van der Waals surface area contributed by atoms with Gasteiger partial charge in [0.25, 0.3) is 17.7 Å². The van der Waals surface area contributed by atoms with E-state index in [1.807, 2.05) is 13.0 Å². The van der Waals surface area contributed by atoms with E-state index in [0.29, 0.717) is 40.3 Å². The van der Waals surface area contributed by atoms with E-state index < -0.39 is 0 Å². The monoisotopic (exact) mass is 400 g/mol. The summed E-state index contributed by atoms with van der Waals surface area (Å²) in [7, 11) is 0. The molecular weight excluding hydrogens is 380 g/mol. The maximum absolute atomic E-state index is 12.7. The smallest absolute Gasteiger partial charge is 0.261 e. The molecule has 0 atom stereocenters. The number of hydrogen-bond acceptors (Lipinski definition) is 4. The van der Waals surface area contributed by atoms with Crippen molar-refractivity contribution in [3.05, 3.63) is 95.1 Å². The van der Waals surface area contributed by atoms with E-state index in [1.54, 1.807) is 66.7 Å². The van der Waals surface area contributed by atoms with Crippen LogP contribution >= 0.6 is 0 Å². The number of anilines is 1. The van der Waals surface area contributed by atoms with Crippen LogP contribution in [0.25, 0.3) is 0 Å². The molecule has 1 heterocycles. The molecule has 30 heavy (non-hydrogen) atoms. The minimum atomic E-state index is -0.321. The van der Waals surface area contributed by atoms with Crippen LogP contribution in [-0.4, -0.2) is 29.2 Å². The highest BCUT2D eigenvalue weighted by atomic mass is 16.5. The van der Waals surface area contributed by atoms with Crippen molar-refractivity contribution in [1.82, 2.24) is 4.90 Å². The summed E-state index contributed by atoms with van der Waals surface area (Å²) in [6.07, 6.45) is 0. The van der Waals surface area contributed by atoms with Crippen LogP contribution in [0, 0.1) is 0 Å². The molecule has 0 saturated carbocycles. The van der Waals surface area contributed by atoms with E-state index in [1.165, 1.54) is 4.90 Å². The lowest BCUT2D eigenvalue weighted by molar-refractivity contribution is 0.0642. The molecule has 1 aliphatic heterocycles. The van der Waals surface area contributed by atoms with Crippen LogP contribution < -0.4 is 10.1 Å². The summed E-state index contributed by atoms with van der Waals surface area (Å²) in [6.45, 7) is 2.54. The van der Waals surface area contributed by atoms with Gasteiger partial charge in [-0.05, 0) is 48.9 Å². The Morgan fingerprint density at radius 3 is 2.30 bits per heavy atom. The Bertz CT molecular complexity index is 1100. The summed E-state index contributed by atoms with van der Waals surface area (Å²) in [5.41, 5.74) is 2.57. The quantitative estimate of drug-likeness (QED) is 0.631. The summed E-state index contributed by atoms with van der Waals surface area (Å²) < 4.78 is 5.45. The number of ether oxygens (including phenoxy) is 1. The van der Waals surface area contributed by atoms with Crippen molar-refractivity contribution >= 4 is 23.4 Å². The first-order valence-corrected chi connectivity index (χ1v) is 9.65. The van der Waals surface area contributed by atoms with Gasteiger partial charge in [0, 0.05) is 17.3 Å². The van der Waals surface area contributed by atoms with E-state index >= 15 is 0 Å². The number of amides is 3. The Kier molecular flexibility index (Phi) is 5.30. The second-order valence-corrected chi connectivity index (χ2v) is 6.86. The van der Waals surface area contributed by atoms with Crippen molar-refractivity contribution in [2.45, 2.75) is 13.5 Å². The van der Waals surface area contributed by atoms with Gasteiger partial charge in [-0.1, -0.05) is 30.3 Å². The van der Waals surface area contributed by atoms with Gasteiger partial charge in [-0.15, -0.1) is 0 Å². The summed E-state index contributed by atoms with van der Waals surface area (Å²) >= 11 is 0. The molecule has 0 spiro atoms. The van der Waals surface area contributed by atoms with E-state index in [2.05, 4.69) is 5.32 Å². The first-order chi connectivity index (χ1) is 14.6. The highest BCUT2D eigenvalue weighted by Gasteiger charge is 2.34. The van der Waals surface area contributed by atoms with Crippen LogP contribution in [0.3, 0.4) is 0 Å². The van der Waals surface area contributed by atoms with E-state index in [9.17, 15) is 14.4 Å². The lowest BCUT2D eigenvalue weighted by Gasteiger charge is -2.14. The number of carbonyl (C=O) groups excluding carboxylic acids is 3. The van der Waals surface area contributed by atoms with Crippen LogP contribution in [0.1, 0.15) is 43.6 Å². The molecule has 0 aliphatic carbocycles. The molecule has 0 saturated heterocycles. The molecule has 1 aliphatic rings. The summed E-state index contributed by atoms with van der Waals surface area (Å²) in [5.74, 6) is -0.251. The van der Waals surface area contributed by atoms with Gasteiger partial charge in [-0.25, -0.2) is 0 Å². The van der Waals surface area contributed by atoms with Crippen LogP contribution in [0.5, 0.6) is 5.75 Å². The highest BCUT2D eigenvalue weighted by Crippen LogP contribution is 2.24. The lowest BCUT2D eigenvalue weighted by atomic mass is 10.1. The standard InChI is InChI=1S/C24H20N2O4/c1-2-30-19-10-6-9-18(14-19)25-22(27)17-8-5-7-16(13-17)15-26-23(28)20-11-3-4-12-21(20)24(26)29/h3-14H,2,15H2,1H3,(H,25,27). The van der Waals surface area contributed by atoms with Crippen molar-refractivity contribution in [3.63, 3.8) is 0 Å². The van der Waals surface area contributed by atoms with E-state index in [-0.39, 0.29) is 24.3 Å². The predicted octanol–water partition coefficient (Wildman–Crippen LogP) is 4.13. The number of rotatable bonds is 6. The zero-order chi connectivity index (χ0) is 21.1. The van der Waals surface area contributed by atoms with Crippen molar-refractivity contribution in [1.29, 1.82) is 0 Å². The Labute approximate surface area is 174 Å². The molecule has 6 heteroatoms. The Balaban J connectivity index is 1.49. The van der Waals surface area contributed by atoms with Crippen molar-refractivity contribution in [2.75, 3.05) is 11.9 Å². The summed E-state index contributed by atoms with van der Waals surface area (Å²) in [5, 5.41) is 2.84.